The lowest BCUT2D eigenvalue weighted by Crippen LogP contribution is -2.21. The number of aliphatic hydroxyl groups is 1. The molecule has 1 heterocycles. The van der Waals surface area contributed by atoms with E-state index >= 15 is 0 Å². The molecule has 2 aliphatic rings. The number of halogens is 2. The van der Waals surface area contributed by atoms with Gasteiger partial charge in [-0.1, -0.05) is 36.4 Å². The van der Waals surface area contributed by atoms with E-state index in [4.69, 9.17) is 5.11 Å². The van der Waals surface area contributed by atoms with Crippen LogP contribution in [0.3, 0.4) is 0 Å². The average Bonchev–Trinajstić information content (AvgIpc) is 3.53. The van der Waals surface area contributed by atoms with Gasteiger partial charge in [0.15, 0.2) is 17.4 Å². The van der Waals surface area contributed by atoms with Crippen LogP contribution in [0.15, 0.2) is 77.7 Å². The van der Waals surface area contributed by atoms with Gasteiger partial charge in [0, 0.05) is 36.9 Å². The number of amides is 1. The normalized spacial score (nSPS) is 14.7. The summed E-state index contributed by atoms with van der Waals surface area (Å²) in [7, 11) is 1.95. The molecule has 2 N–H and O–H groups in total. The minimum Gasteiger partial charge on any atom is -0.395 e. The lowest BCUT2D eigenvalue weighted by atomic mass is 9.91. The van der Waals surface area contributed by atoms with E-state index in [0.717, 1.165) is 34.4 Å². The molecule has 0 saturated carbocycles. The van der Waals surface area contributed by atoms with Gasteiger partial charge in [0.05, 0.1) is 25.0 Å². The van der Waals surface area contributed by atoms with Gasteiger partial charge in [-0.2, -0.15) is 5.10 Å². The summed E-state index contributed by atoms with van der Waals surface area (Å²) in [6.45, 7) is 1.61. The van der Waals surface area contributed by atoms with Gasteiger partial charge >= 0.3 is 0 Å². The number of carbonyl (C=O) groups excluding carboxylic acids is 2. The first-order chi connectivity index (χ1) is 18.8. The number of nitrogens with one attached hydrogen (secondary N) is 1. The van der Waals surface area contributed by atoms with E-state index in [9.17, 15) is 18.4 Å². The van der Waals surface area contributed by atoms with Crippen LogP contribution in [0.2, 0.25) is 0 Å². The van der Waals surface area contributed by atoms with Crippen molar-refractivity contribution in [3.05, 3.63) is 112 Å². The van der Waals surface area contributed by atoms with Crippen molar-refractivity contribution in [2.75, 3.05) is 25.5 Å². The van der Waals surface area contributed by atoms with Crippen molar-refractivity contribution < 1.29 is 23.5 Å². The number of ketones is 1. The Bertz CT molecular complexity index is 1540. The fraction of sp³-hybridized carbons (Fsp3) is 0.233. The molecule has 0 unspecified atom stereocenters. The Kier molecular flexibility index (Phi) is 7.63. The highest BCUT2D eigenvalue weighted by atomic mass is 19.2. The fourth-order valence-corrected chi connectivity index (χ4v) is 4.80. The number of nitrogens with zero attached hydrogens (tertiary/aromatic N) is 3. The number of aliphatic hydroxyl groups excluding tert-OH is 1. The second-order valence-electron chi connectivity index (χ2n) is 9.81. The molecule has 5 rings (SSSR count). The van der Waals surface area contributed by atoms with E-state index in [2.05, 4.69) is 28.6 Å². The molecule has 0 atom stereocenters. The molecule has 200 valence electrons. The SMILES string of the molecule is CN(CCO)Cc1ccc2c(c1)C=C(C1=CC(C(=O)Nc3cnn(Cc4ccc(F)c(F)c4)c3)=CCC1=O)C2. The van der Waals surface area contributed by atoms with Crippen LogP contribution in [-0.2, 0) is 29.1 Å². The Labute approximate surface area is 224 Å². The zero-order valence-electron chi connectivity index (χ0n) is 21.5. The molecule has 7 nitrogen and oxygen atoms in total. The highest BCUT2D eigenvalue weighted by Crippen LogP contribution is 2.33. The van der Waals surface area contributed by atoms with Crippen LogP contribution in [0.5, 0.6) is 0 Å². The van der Waals surface area contributed by atoms with Gasteiger partial charge in [0.2, 0.25) is 0 Å². The summed E-state index contributed by atoms with van der Waals surface area (Å²) in [5.41, 5.74) is 6.09. The van der Waals surface area contributed by atoms with Crippen molar-refractivity contribution in [2.24, 2.45) is 0 Å². The van der Waals surface area contributed by atoms with Crippen LogP contribution in [0.1, 0.15) is 28.7 Å². The Morgan fingerprint density at radius 2 is 1.95 bits per heavy atom. The van der Waals surface area contributed by atoms with E-state index in [0.29, 0.717) is 41.9 Å². The Morgan fingerprint density at radius 1 is 1.13 bits per heavy atom. The number of anilines is 1. The van der Waals surface area contributed by atoms with E-state index in [1.54, 1.807) is 18.3 Å². The van der Waals surface area contributed by atoms with E-state index in [-0.39, 0.29) is 31.3 Å². The maximum atomic E-state index is 13.5. The predicted molar refractivity (Wildman–Crippen MR) is 144 cm³/mol. The molecule has 0 bridgehead atoms. The minimum absolute atomic E-state index is 0.0344. The smallest absolute Gasteiger partial charge is 0.255 e. The number of fused-ring (bicyclic) bond motifs is 1. The van der Waals surface area contributed by atoms with Crippen LogP contribution in [0, 0.1) is 11.6 Å². The number of Topliss-reactive ketones (excluding diaryl/α,β-unsaturated/α-hetero) is 1. The van der Waals surface area contributed by atoms with Crippen LogP contribution in [0.25, 0.3) is 6.08 Å². The molecule has 1 amide bonds. The number of likely N-dealkylation sites (N-methyl/N-ethyl adjacent to an activating group) is 1. The quantitative estimate of drug-likeness (QED) is 0.436. The zero-order chi connectivity index (χ0) is 27.5. The van der Waals surface area contributed by atoms with Gasteiger partial charge in [-0.05, 0) is 59.5 Å². The van der Waals surface area contributed by atoms with Crippen LogP contribution in [-0.4, -0.2) is 51.7 Å². The standard InChI is InChI=1S/C30H28F2N4O3/c1-35(8-9-37)16-19-2-4-21-12-24(13-23(21)10-19)26-14-22(5-7-29(26)38)30(39)34-25-15-33-36(18-25)17-20-3-6-27(31)28(32)11-20/h2-6,10-11,13-15,18,37H,7-9,12,16-17H2,1H3,(H,34,39). The van der Waals surface area contributed by atoms with E-state index < -0.39 is 11.6 Å². The number of rotatable bonds is 9. The largest absolute Gasteiger partial charge is 0.395 e. The van der Waals surface area contributed by atoms with Gasteiger partial charge in [0.25, 0.3) is 5.91 Å². The van der Waals surface area contributed by atoms with Gasteiger partial charge in [-0.15, -0.1) is 0 Å². The summed E-state index contributed by atoms with van der Waals surface area (Å²) in [6, 6.07) is 9.87. The number of hydrogen-bond acceptors (Lipinski definition) is 5. The maximum absolute atomic E-state index is 13.5. The van der Waals surface area contributed by atoms with Gasteiger partial charge in [-0.25, -0.2) is 8.78 Å². The summed E-state index contributed by atoms with van der Waals surface area (Å²) in [4.78, 5) is 27.8. The second-order valence-corrected chi connectivity index (χ2v) is 9.81. The first-order valence-electron chi connectivity index (χ1n) is 12.6. The highest BCUT2D eigenvalue weighted by Gasteiger charge is 2.25. The number of hydrogen-bond donors (Lipinski definition) is 2. The summed E-state index contributed by atoms with van der Waals surface area (Å²) in [5.74, 6) is -2.24. The first kappa shape index (κ1) is 26.4. The number of benzene rings is 2. The molecule has 0 saturated heterocycles. The molecular weight excluding hydrogens is 502 g/mol. The molecule has 2 aliphatic carbocycles. The number of aromatic nitrogens is 2. The molecular formula is C30H28F2N4O3. The Morgan fingerprint density at radius 3 is 2.74 bits per heavy atom. The average molecular weight is 531 g/mol. The first-order valence-corrected chi connectivity index (χ1v) is 12.6. The third-order valence-corrected chi connectivity index (χ3v) is 6.79. The predicted octanol–water partition coefficient (Wildman–Crippen LogP) is 4.04. The van der Waals surface area contributed by atoms with Crippen LogP contribution < -0.4 is 5.32 Å². The van der Waals surface area contributed by atoms with Gasteiger partial charge in [-0.3, -0.25) is 19.2 Å². The fourth-order valence-electron chi connectivity index (χ4n) is 4.80. The lowest BCUT2D eigenvalue weighted by molar-refractivity contribution is -0.114. The second kappa shape index (κ2) is 11.3. The molecule has 0 spiro atoms. The summed E-state index contributed by atoms with van der Waals surface area (Å²) >= 11 is 0. The maximum Gasteiger partial charge on any atom is 0.255 e. The van der Waals surface area contributed by atoms with Crippen molar-refractivity contribution in [1.82, 2.24) is 14.7 Å². The summed E-state index contributed by atoms with van der Waals surface area (Å²) in [6.07, 6.45) is 9.09. The van der Waals surface area contributed by atoms with Crippen LogP contribution in [0.4, 0.5) is 14.5 Å². The Balaban J connectivity index is 1.26. The lowest BCUT2D eigenvalue weighted by Gasteiger charge is -2.15. The molecule has 9 heteroatoms. The van der Waals surface area contributed by atoms with Crippen molar-refractivity contribution in [1.29, 1.82) is 0 Å². The van der Waals surface area contributed by atoms with Crippen molar-refractivity contribution in [2.45, 2.75) is 25.9 Å². The Hall–Kier alpha value is -4.21. The summed E-state index contributed by atoms with van der Waals surface area (Å²) < 4.78 is 28.2. The van der Waals surface area contributed by atoms with Crippen molar-refractivity contribution >= 4 is 23.5 Å². The van der Waals surface area contributed by atoms with E-state index in [1.807, 2.05) is 18.0 Å². The van der Waals surface area contributed by atoms with Crippen LogP contribution >= 0.6 is 0 Å². The zero-order valence-corrected chi connectivity index (χ0v) is 21.5. The van der Waals surface area contributed by atoms with Gasteiger partial charge in [0.1, 0.15) is 0 Å². The molecule has 1 aromatic heterocycles. The number of carbonyl (C=O) groups is 2. The molecule has 0 radical (unpaired) electrons. The van der Waals surface area contributed by atoms with Crippen molar-refractivity contribution in [3.8, 4) is 0 Å². The van der Waals surface area contributed by atoms with E-state index in [1.165, 1.54) is 16.9 Å². The van der Waals surface area contributed by atoms with Crippen molar-refractivity contribution in [3.63, 3.8) is 0 Å². The molecule has 0 fully saturated rings. The molecule has 2 aromatic carbocycles. The third kappa shape index (κ3) is 6.10. The van der Waals surface area contributed by atoms with Gasteiger partial charge < -0.3 is 10.4 Å². The minimum atomic E-state index is -0.930. The monoisotopic (exact) mass is 530 g/mol. The topological polar surface area (TPSA) is 87.5 Å². The molecule has 39 heavy (non-hydrogen) atoms. The third-order valence-electron chi connectivity index (χ3n) is 6.79. The molecule has 0 aliphatic heterocycles. The number of allylic oxidation sites excluding steroid dienone is 3. The highest BCUT2D eigenvalue weighted by molar-refractivity contribution is 6.12. The summed E-state index contributed by atoms with van der Waals surface area (Å²) in [5, 5.41) is 16.1. The molecule has 3 aromatic rings.